The summed E-state index contributed by atoms with van der Waals surface area (Å²) in [5.41, 5.74) is 0.507. The number of carboxylic acids is 1. The number of carbonyl (C=O) groups is 2. The normalized spacial score (nSPS) is 12.2. The van der Waals surface area contributed by atoms with E-state index >= 15 is 0 Å². The van der Waals surface area contributed by atoms with Gasteiger partial charge in [-0.3, -0.25) is 9.59 Å². The fourth-order valence-electron chi connectivity index (χ4n) is 1.58. The Morgan fingerprint density at radius 3 is 2.71 bits per heavy atom. The van der Waals surface area contributed by atoms with Crippen LogP contribution in [-0.4, -0.2) is 35.5 Å². The van der Waals surface area contributed by atoms with Gasteiger partial charge in [0.25, 0.3) is 5.91 Å². The number of hydrogen-bond acceptors (Lipinski definition) is 3. The van der Waals surface area contributed by atoms with Crippen molar-refractivity contribution in [3.05, 3.63) is 23.7 Å². The minimum absolute atomic E-state index is 0.183. The second-order valence-electron chi connectivity index (χ2n) is 4.04. The summed E-state index contributed by atoms with van der Waals surface area (Å²) in [4.78, 5) is 24.1. The predicted molar refractivity (Wildman–Crippen MR) is 61.8 cm³/mol. The van der Waals surface area contributed by atoms with Gasteiger partial charge in [0, 0.05) is 20.0 Å². The Bertz CT molecular complexity index is 410. The molecular weight excluding hydrogens is 222 g/mol. The second kappa shape index (κ2) is 5.52. The highest BCUT2D eigenvalue weighted by atomic mass is 16.4. The molecule has 0 aliphatic rings. The Balaban J connectivity index is 2.73. The molecule has 1 aromatic heterocycles. The molecule has 0 aliphatic heterocycles. The number of furan rings is 1. The minimum Gasteiger partial charge on any atom is -0.481 e. The van der Waals surface area contributed by atoms with E-state index in [-0.39, 0.29) is 12.5 Å². The summed E-state index contributed by atoms with van der Waals surface area (Å²) in [7, 11) is 1.59. The number of rotatable bonds is 5. The molecule has 0 saturated carbocycles. The molecule has 1 unspecified atom stereocenters. The first-order valence-corrected chi connectivity index (χ1v) is 5.52. The molecule has 5 nitrogen and oxygen atoms in total. The Hall–Kier alpha value is -1.78. The molecule has 0 aliphatic carbocycles. The van der Waals surface area contributed by atoms with E-state index in [0.717, 1.165) is 0 Å². The summed E-state index contributed by atoms with van der Waals surface area (Å²) in [6.07, 6.45) is 2.11. The number of carboxylic acid groups (broad SMARTS) is 1. The maximum Gasteiger partial charge on any atom is 0.308 e. The van der Waals surface area contributed by atoms with Crippen LogP contribution < -0.4 is 0 Å². The van der Waals surface area contributed by atoms with Gasteiger partial charge in [-0.1, -0.05) is 13.8 Å². The zero-order valence-corrected chi connectivity index (χ0v) is 10.3. The minimum atomic E-state index is -0.910. The molecule has 0 bridgehead atoms. The number of nitrogens with zero attached hydrogens (tertiary/aromatic N) is 1. The standard InChI is InChI=1S/C12H17NO4/c1-4-10-9(5-6-17-10)11(14)13(3)7-8(2)12(15)16/h5-6,8H,4,7H2,1-3H3,(H,15,16). The van der Waals surface area contributed by atoms with E-state index in [0.29, 0.717) is 17.7 Å². The second-order valence-corrected chi connectivity index (χ2v) is 4.04. The lowest BCUT2D eigenvalue weighted by Crippen LogP contribution is -2.33. The van der Waals surface area contributed by atoms with Gasteiger partial charge in [-0.2, -0.15) is 0 Å². The van der Waals surface area contributed by atoms with E-state index in [2.05, 4.69) is 0 Å². The maximum atomic E-state index is 12.0. The van der Waals surface area contributed by atoms with Crippen LogP contribution in [0.1, 0.15) is 30.0 Å². The number of aryl methyl sites for hydroxylation is 1. The zero-order valence-electron chi connectivity index (χ0n) is 10.3. The molecule has 0 aromatic carbocycles. The van der Waals surface area contributed by atoms with Gasteiger partial charge >= 0.3 is 5.97 Å². The highest BCUT2D eigenvalue weighted by molar-refractivity contribution is 5.95. The molecule has 94 valence electrons. The quantitative estimate of drug-likeness (QED) is 0.847. The van der Waals surface area contributed by atoms with Gasteiger partial charge < -0.3 is 14.4 Å². The Kier molecular flexibility index (Phi) is 4.31. The largest absolute Gasteiger partial charge is 0.481 e. The predicted octanol–water partition coefficient (Wildman–Crippen LogP) is 1.63. The third kappa shape index (κ3) is 3.09. The van der Waals surface area contributed by atoms with Crippen LogP contribution in [0.5, 0.6) is 0 Å². The lowest BCUT2D eigenvalue weighted by molar-refractivity contribution is -0.141. The molecule has 0 fully saturated rings. The van der Waals surface area contributed by atoms with Gasteiger partial charge in [0.05, 0.1) is 17.7 Å². The molecule has 0 spiro atoms. The van der Waals surface area contributed by atoms with Crippen molar-refractivity contribution in [2.75, 3.05) is 13.6 Å². The molecule has 5 heteroatoms. The first kappa shape index (κ1) is 13.3. The van der Waals surface area contributed by atoms with Crippen LogP contribution in [0.15, 0.2) is 16.7 Å². The van der Waals surface area contributed by atoms with Crippen molar-refractivity contribution in [1.29, 1.82) is 0 Å². The zero-order chi connectivity index (χ0) is 13.0. The van der Waals surface area contributed by atoms with Crippen molar-refractivity contribution in [1.82, 2.24) is 4.90 Å². The van der Waals surface area contributed by atoms with Crippen LogP contribution in [0, 0.1) is 5.92 Å². The molecule has 1 atom stereocenters. The van der Waals surface area contributed by atoms with Crippen LogP contribution in [-0.2, 0) is 11.2 Å². The van der Waals surface area contributed by atoms with Gasteiger partial charge in [0.2, 0.25) is 0 Å². The molecular formula is C12H17NO4. The van der Waals surface area contributed by atoms with E-state index in [4.69, 9.17) is 9.52 Å². The molecule has 1 heterocycles. The Morgan fingerprint density at radius 2 is 2.18 bits per heavy atom. The summed E-state index contributed by atoms with van der Waals surface area (Å²) >= 11 is 0. The van der Waals surface area contributed by atoms with Crippen molar-refractivity contribution in [2.45, 2.75) is 20.3 Å². The van der Waals surface area contributed by atoms with Crippen LogP contribution in [0.2, 0.25) is 0 Å². The third-order valence-electron chi connectivity index (χ3n) is 2.61. The SMILES string of the molecule is CCc1occc1C(=O)N(C)CC(C)C(=O)O. The maximum absolute atomic E-state index is 12.0. The molecule has 0 radical (unpaired) electrons. The number of amides is 1. The van der Waals surface area contributed by atoms with Gasteiger partial charge in [0.1, 0.15) is 5.76 Å². The van der Waals surface area contributed by atoms with Gasteiger partial charge in [-0.25, -0.2) is 0 Å². The smallest absolute Gasteiger partial charge is 0.308 e. The summed E-state index contributed by atoms with van der Waals surface area (Å²) in [6.45, 7) is 3.65. The average molecular weight is 239 g/mol. The van der Waals surface area contributed by atoms with Crippen LogP contribution >= 0.6 is 0 Å². The molecule has 1 N–H and O–H groups in total. The number of aliphatic carboxylic acids is 1. The van der Waals surface area contributed by atoms with Crippen molar-refractivity contribution in [3.63, 3.8) is 0 Å². The number of carbonyl (C=O) groups excluding carboxylic acids is 1. The molecule has 17 heavy (non-hydrogen) atoms. The Labute approximate surface area is 100 Å². The summed E-state index contributed by atoms with van der Waals surface area (Å²) in [5, 5.41) is 8.79. The fourth-order valence-corrected chi connectivity index (χ4v) is 1.58. The van der Waals surface area contributed by atoms with E-state index in [1.807, 2.05) is 6.92 Å². The van der Waals surface area contributed by atoms with Gasteiger partial charge in [0.15, 0.2) is 0 Å². The molecule has 1 aromatic rings. The highest BCUT2D eigenvalue weighted by Crippen LogP contribution is 2.14. The molecule has 0 saturated heterocycles. The lowest BCUT2D eigenvalue weighted by atomic mass is 10.1. The van der Waals surface area contributed by atoms with Crippen LogP contribution in [0.3, 0.4) is 0 Å². The number of hydrogen-bond donors (Lipinski definition) is 1. The van der Waals surface area contributed by atoms with E-state index in [9.17, 15) is 9.59 Å². The van der Waals surface area contributed by atoms with Crippen molar-refractivity contribution >= 4 is 11.9 Å². The topological polar surface area (TPSA) is 70.8 Å². The molecule has 1 amide bonds. The molecule has 1 rings (SSSR count). The monoisotopic (exact) mass is 239 g/mol. The highest BCUT2D eigenvalue weighted by Gasteiger charge is 2.21. The van der Waals surface area contributed by atoms with E-state index in [1.54, 1.807) is 20.0 Å². The Morgan fingerprint density at radius 1 is 1.53 bits per heavy atom. The van der Waals surface area contributed by atoms with E-state index < -0.39 is 11.9 Å². The summed E-state index contributed by atoms with van der Waals surface area (Å²) in [6, 6.07) is 1.61. The summed E-state index contributed by atoms with van der Waals surface area (Å²) in [5.74, 6) is -1.07. The lowest BCUT2D eigenvalue weighted by Gasteiger charge is -2.19. The van der Waals surface area contributed by atoms with Gasteiger partial charge in [-0.05, 0) is 6.07 Å². The first-order valence-electron chi connectivity index (χ1n) is 5.52. The van der Waals surface area contributed by atoms with Crippen LogP contribution in [0.4, 0.5) is 0 Å². The van der Waals surface area contributed by atoms with E-state index in [1.165, 1.54) is 11.2 Å². The van der Waals surface area contributed by atoms with Crippen molar-refractivity contribution in [3.8, 4) is 0 Å². The average Bonchev–Trinajstić information content (AvgIpc) is 2.75. The first-order chi connectivity index (χ1) is 7.97. The fraction of sp³-hybridized carbons (Fsp3) is 0.500. The van der Waals surface area contributed by atoms with Gasteiger partial charge in [-0.15, -0.1) is 0 Å². The third-order valence-corrected chi connectivity index (χ3v) is 2.61. The van der Waals surface area contributed by atoms with Crippen molar-refractivity contribution < 1.29 is 19.1 Å². The van der Waals surface area contributed by atoms with Crippen molar-refractivity contribution in [2.24, 2.45) is 5.92 Å². The summed E-state index contributed by atoms with van der Waals surface area (Å²) < 4.78 is 5.17. The van der Waals surface area contributed by atoms with Crippen LogP contribution in [0.25, 0.3) is 0 Å².